The van der Waals surface area contributed by atoms with Gasteiger partial charge in [-0.25, -0.2) is 9.78 Å². The Hall–Kier alpha value is -1.92. The van der Waals surface area contributed by atoms with Gasteiger partial charge in [0.15, 0.2) is 0 Å². The van der Waals surface area contributed by atoms with Crippen molar-refractivity contribution in [3.63, 3.8) is 0 Å². The van der Waals surface area contributed by atoms with E-state index in [0.29, 0.717) is 0 Å². The second kappa shape index (κ2) is 6.24. The maximum atomic E-state index is 11.7. The average Bonchev–Trinajstić information content (AvgIpc) is 3.08. The molecule has 4 nitrogen and oxygen atoms in total. The van der Waals surface area contributed by atoms with Gasteiger partial charge >= 0.3 is 5.97 Å². The van der Waals surface area contributed by atoms with Crippen molar-refractivity contribution in [2.75, 3.05) is 0 Å². The number of ether oxygens (including phenoxy) is 1. The number of esters is 1. The molecule has 21 heavy (non-hydrogen) atoms. The highest BCUT2D eigenvalue weighted by atomic mass is 79.9. The van der Waals surface area contributed by atoms with Gasteiger partial charge in [-0.2, -0.15) is 0 Å². The summed E-state index contributed by atoms with van der Waals surface area (Å²) in [7, 11) is 0. The van der Waals surface area contributed by atoms with Gasteiger partial charge in [0.2, 0.25) is 0 Å². The van der Waals surface area contributed by atoms with E-state index in [4.69, 9.17) is 4.74 Å². The van der Waals surface area contributed by atoms with Gasteiger partial charge in [-0.05, 0) is 46.3 Å². The zero-order chi connectivity index (χ0) is 14.7. The van der Waals surface area contributed by atoms with Crippen molar-refractivity contribution in [2.24, 2.45) is 0 Å². The molecule has 0 unspecified atom stereocenters. The molecular weight excluding hydrogens is 352 g/mol. The van der Waals surface area contributed by atoms with Crippen LogP contribution < -0.4 is 0 Å². The van der Waals surface area contributed by atoms with E-state index in [-0.39, 0.29) is 12.6 Å². The van der Waals surface area contributed by atoms with Crippen molar-refractivity contribution < 1.29 is 9.53 Å². The molecule has 0 amide bonds. The third-order valence-electron chi connectivity index (χ3n) is 2.75. The SMILES string of the molecule is O=C(/C=C/c1ccc(Br)s1)OCc1cn2ccccc2n1. The lowest BCUT2D eigenvalue weighted by molar-refractivity contribution is -0.139. The smallest absolute Gasteiger partial charge is 0.331 e. The first-order chi connectivity index (χ1) is 10.2. The van der Waals surface area contributed by atoms with Gasteiger partial charge < -0.3 is 9.14 Å². The Morgan fingerprint density at radius 2 is 2.29 bits per heavy atom. The Morgan fingerprint density at radius 3 is 3.05 bits per heavy atom. The van der Waals surface area contributed by atoms with Crippen molar-refractivity contribution in [3.8, 4) is 0 Å². The van der Waals surface area contributed by atoms with Gasteiger partial charge in [-0.15, -0.1) is 11.3 Å². The van der Waals surface area contributed by atoms with Gasteiger partial charge in [0.25, 0.3) is 0 Å². The highest BCUT2D eigenvalue weighted by Gasteiger charge is 2.04. The predicted molar refractivity (Wildman–Crippen MR) is 86.0 cm³/mol. The number of rotatable bonds is 4. The third-order valence-corrected chi connectivity index (χ3v) is 4.34. The van der Waals surface area contributed by atoms with Crippen LogP contribution in [0.5, 0.6) is 0 Å². The van der Waals surface area contributed by atoms with Crippen molar-refractivity contribution >= 4 is 45.0 Å². The number of carbonyl (C=O) groups is 1. The van der Waals surface area contributed by atoms with Crippen LogP contribution in [0.25, 0.3) is 11.7 Å². The third kappa shape index (κ3) is 3.59. The molecule has 0 aliphatic heterocycles. The fourth-order valence-corrected chi connectivity index (χ4v) is 3.14. The molecule has 0 radical (unpaired) electrons. The summed E-state index contributed by atoms with van der Waals surface area (Å²) < 4.78 is 8.10. The molecule has 0 aliphatic rings. The molecule has 106 valence electrons. The molecule has 3 heterocycles. The van der Waals surface area contributed by atoms with Crippen LogP contribution in [0.2, 0.25) is 0 Å². The molecule has 0 fully saturated rings. The average molecular weight is 363 g/mol. The van der Waals surface area contributed by atoms with E-state index in [1.807, 2.05) is 47.1 Å². The number of aromatic nitrogens is 2. The molecule has 0 N–H and O–H groups in total. The van der Waals surface area contributed by atoms with Crippen LogP contribution in [-0.2, 0) is 16.1 Å². The van der Waals surface area contributed by atoms with Crippen molar-refractivity contribution in [3.05, 3.63) is 63.2 Å². The van der Waals surface area contributed by atoms with Crippen molar-refractivity contribution in [2.45, 2.75) is 6.61 Å². The van der Waals surface area contributed by atoms with Gasteiger partial charge in [0, 0.05) is 23.3 Å². The van der Waals surface area contributed by atoms with Crippen LogP contribution in [0, 0.1) is 0 Å². The normalized spacial score (nSPS) is 11.3. The first kappa shape index (κ1) is 14.0. The topological polar surface area (TPSA) is 43.6 Å². The first-order valence-corrected chi connectivity index (χ1v) is 7.84. The Morgan fingerprint density at radius 1 is 1.38 bits per heavy atom. The molecule has 0 atom stereocenters. The fourth-order valence-electron chi connectivity index (χ4n) is 1.82. The number of thiophene rings is 1. The zero-order valence-corrected chi connectivity index (χ0v) is 13.3. The summed E-state index contributed by atoms with van der Waals surface area (Å²) in [4.78, 5) is 17.0. The molecular formula is C15H11BrN2O2S. The number of pyridine rings is 1. The first-order valence-electron chi connectivity index (χ1n) is 6.23. The molecule has 3 aromatic heterocycles. The minimum absolute atomic E-state index is 0.166. The van der Waals surface area contributed by atoms with Gasteiger partial charge in [0.1, 0.15) is 12.3 Å². The van der Waals surface area contributed by atoms with Gasteiger partial charge in [-0.3, -0.25) is 0 Å². The highest BCUT2D eigenvalue weighted by Crippen LogP contribution is 2.22. The molecule has 3 aromatic rings. The largest absolute Gasteiger partial charge is 0.456 e. The number of nitrogens with zero attached hydrogens (tertiary/aromatic N) is 2. The van der Waals surface area contributed by atoms with Crippen LogP contribution in [0.15, 0.2) is 52.6 Å². The van der Waals surface area contributed by atoms with E-state index in [1.165, 1.54) is 6.08 Å². The van der Waals surface area contributed by atoms with Crippen molar-refractivity contribution in [1.29, 1.82) is 0 Å². The quantitative estimate of drug-likeness (QED) is 0.521. The Labute approximate surface area is 133 Å². The second-order valence-corrected chi connectivity index (χ2v) is 6.78. The Bertz CT molecular complexity index is 774. The summed E-state index contributed by atoms with van der Waals surface area (Å²) in [5, 5.41) is 0. The Balaban J connectivity index is 1.59. The van der Waals surface area contributed by atoms with E-state index in [2.05, 4.69) is 20.9 Å². The molecule has 0 bridgehead atoms. The standard InChI is InChI=1S/C15H11BrN2O2S/c16-13-6-4-12(21-13)5-7-15(19)20-10-11-9-18-8-2-1-3-14(18)17-11/h1-9H,10H2/b7-5+. The highest BCUT2D eigenvalue weighted by molar-refractivity contribution is 9.11. The maximum Gasteiger partial charge on any atom is 0.331 e. The minimum atomic E-state index is -0.378. The summed E-state index contributed by atoms with van der Waals surface area (Å²) in [5.41, 5.74) is 1.56. The summed E-state index contributed by atoms with van der Waals surface area (Å²) in [6, 6.07) is 9.61. The lowest BCUT2D eigenvalue weighted by Crippen LogP contribution is -2.00. The van der Waals surface area contributed by atoms with Crippen LogP contribution in [0.4, 0.5) is 0 Å². The van der Waals surface area contributed by atoms with Crippen LogP contribution in [-0.4, -0.2) is 15.4 Å². The lowest BCUT2D eigenvalue weighted by atomic mass is 10.4. The van der Waals surface area contributed by atoms with Crippen LogP contribution >= 0.6 is 27.3 Å². The predicted octanol–water partition coefficient (Wildman–Crippen LogP) is 3.91. The zero-order valence-electron chi connectivity index (χ0n) is 10.9. The van der Waals surface area contributed by atoms with Crippen LogP contribution in [0.1, 0.15) is 10.6 Å². The van der Waals surface area contributed by atoms with Gasteiger partial charge in [0.05, 0.1) is 9.48 Å². The molecule has 0 aliphatic carbocycles. The monoisotopic (exact) mass is 362 g/mol. The number of hydrogen-bond acceptors (Lipinski definition) is 4. The van der Waals surface area contributed by atoms with Crippen LogP contribution in [0.3, 0.4) is 0 Å². The van der Waals surface area contributed by atoms with E-state index in [0.717, 1.165) is 20.0 Å². The maximum absolute atomic E-state index is 11.7. The number of carbonyl (C=O) groups excluding carboxylic acids is 1. The Kier molecular flexibility index (Phi) is 4.17. The second-order valence-electron chi connectivity index (χ2n) is 4.28. The van der Waals surface area contributed by atoms with Gasteiger partial charge in [-0.1, -0.05) is 6.07 Å². The minimum Gasteiger partial charge on any atom is -0.456 e. The van der Waals surface area contributed by atoms with Crippen molar-refractivity contribution in [1.82, 2.24) is 9.38 Å². The number of halogens is 1. The molecule has 0 spiro atoms. The number of hydrogen-bond donors (Lipinski definition) is 0. The summed E-state index contributed by atoms with van der Waals surface area (Å²) >= 11 is 4.93. The lowest BCUT2D eigenvalue weighted by Gasteiger charge is -1.97. The number of imidazole rings is 1. The molecule has 6 heteroatoms. The summed E-state index contributed by atoms with van der Waals surface area (Å²) in [5.74, 6) is -0.378. The summed E-state index contributed by atoms with van der Waals surface area (Å²) in [6.45, 7) is 0.166. The van der Waals surface area contributed by atoms with E-state index in [1.54, 1.807) is 17.4 Å². The van der Waals surface area contributed by atoms with E-state index < -0.39 is 0 Å². The summed E-state index contributed by atoms with van der Waals surface area (Å²) in [6.07, 6.45) is 6.92. The molecule has 0 saturated carbocycles. The van der Waals surface area contributed by atoms with E-state index >= 15 is 0 Å². The molecule has 0 saturated heterocycles. The molecule has 3 rings (SSSR count). The fraction of sp³-hybridized carbons (Fsp3) is 0.0667. The van der Waals surface area contributed by atoms with E-state index in [9.17, 15) is 4.79 Å². The number of fused-ring (bicyclic) bond motifs is 1. The molecule has 0 aromatic carbocycles.